The van der Waals surface area contributed by atoms with E-state index in [-0.39, 0.29) is 12.2 Å². The number of halogens is 2. The summed E-state index contributed by atoms with van der Waals surface area (Å²) < 4.78 is 14.7. The molecule has 0 amide bonds. The van der Waals surface area contributed by atoms with Gasteiger partial charge in [0.05, 0.1) is 5.41 Å². The molecule has 3 rings (SSSR count). The molecule has 0 aliphatic heterocycles. The van der Waals surface area contributed by atoms with Gasteiger partial charge in [-0.2, -0.15) is 0 Å². The SMILES string of the molecule is O=C(O)C1(Cc2ccc(Br)cc2F)CCc2ccccc21. The Morgan fingerprint density at radius 1 is 1.29 bits per heavy atom. The molecule has 1 unspecified atom stereocenters. The van der Waals surface area contributed by atoms with E-state index in [0.717, 1.165) is 17.5 Å². The van der Waals surface area contributed by atoms with Gasteiger partial charge in [0.25, 0.3) is 0 Å². The first-order valence-corrected chi connectivity index (χ1v) is 7.58. The van der Waals surface area contributed by atoms with Crippen molar-refractivity contribution in [2.45, 2.75) is 24.7 Å². The molecular weight excluding hydrogens is 335 g/mol. The lowest BCUT2D eigenvalue weighted by atomic mass is 9.76. The van der Waals surface area contributed by atoms with E-state index in [4.69, 9.17) is 0 Å². The number of fused-ring (bicyclic) bond motifs is 1. The standard InChI is InChI=1S/C17H14BrFO2/c18-13-6-5-12(15(19)9-13)10-17(16(20)21)8-7-11-3-1-2-4-14(11)17/h1-6,9H,7-8,10H2,(H,20,21). The summed E-state index contributed by atoms with van der Waals surface area (Å²) in [6, 6.07) is 12.4. The van der Waals surface area contributed by atoms with Crippen LogP contribution in [0.25, 0.3) is 0 Å². The third-order valence-corrected chi connectivity index (χ3v) is 4.76. The lowest BCUT2D eigenvalue weighted by Crippen LogP contribution is -2.36. The van der Waals surface area contributed by atoms with Crippen molar-refractivity contribution in [3.8, 4) is 0 Å². The van der Waals surface area contributed by atoms with Crippen LogP contribution in [0, 0.1) is 5.82 Å². The van der Waals surface area contributed by atoms with Crippen molar-refractivity contribution in [2.24, 2.45) is 0 Å². The van der Waals surface area contributed by atoms with Crippen molar-refractivity contribution in [1.29, 1.82) is 0 Å². The highest BCUT2D eigenvalue weighted by atomic mass is 79.9. The highest BCUT2D eigenvalue weighted by Gasteiger charge is 2.45. The molecule has 0 radical (unpaired) electrons. The summed E-state index contributed by atoms with van der Waals surface area (Å²) >= 11 is 3.22. The molecule has 2 aromatic carbocycles. The number of rotatable bonds is 3. The Balaban J connectivity index is 2.06. The second-order valence-corrected chi connectivity index (χ2v) is 6.37. The third kappa shape index (κ3) is 2.38. The van der Waals surface area contributed by atoms with Crippen LogP contribution >= 0.6 is 15.9 Å². The van der Waals surface area contributed by atoms with Gasteiger partial charge in [-0.05, 0) is 48.1 Å². The van der Waals surface area contributed by atoms with Crippen molar-refractivity contribution >= 4 is 21.9 Å². The van der Waals surface area contributed by atoms with E-state index >= 15 is 0 Å². The third-order valence-electron chi connectivity index (χ3n) is 4.27. The predicted octanol–water partition coefficient (Wildman–Crippen LogP) is 4.10. The van der Waals surface area contributed by atoms with Gasteiger partial charge in [0.15, 0.2) is 0 Å². The molecule has 21 heavy (non-hydrogen) atoms. The molecule has 0 fully saturated rings. The minimum Gasteiger partial charge on any atom is -0.481 e. The van der Waals surface area contributed by atoms with E-state index in [1.54, 1.807) is 12.1 Å². The van der Waals surface area contributed by atoms with Crippen LogP contribution in [0.3, 0.4) is 0 Å². The summed E-state index contributed by atoms with van der Waals surface area (Å²) in [5, 5.41) is 9.79. The molecule has 108 valence electrons. The fraction of sp³-hybridized carbons (Fsp3) is 0.235. The van der Waals surface area contributed by atoms with Gasteiger partial charge < -0.3 is 5.11 Å². The number of hydrogen-bond donors (Lipinski definition) is 1. The monoisotopic (exact) mass is 348 g/mol. The Morgan fingerprint density at radius 2 is 2.05 bits per heavy atom. The maximum atomic E-state index is 14.1. The number of hydrogen-bond acceptors (Lipinski definition) is 1. The fourth-order valence-corrected chi connectivity index (χ4v) is 3.49. The zero-order chi connectivity index (χ0) is 15.0. The topological polar surface area (TPSA) is 37.3 Å². The molecular formula is C17H14BrFO2. The van der Waals surface area contributed by atoms with E-state index in [2.05, 4.69) is 15.9 Å². The van der Waals surface area contributed by atoms with Crippen molar-refractivity contribution in [1.82, 2.24) is 0 Å². The predicted molar refractivity (Wildman–Crippen MR) is 81.9 cm³/mol. The first kappa shape index (κ1) is 14.3. The minimum atomic E-state index is -1.02. The minimum absolute atomic E-state index is 0.179. The maximum Gasteiger partial charge on any atom is 0.314 e. The Morgan fingerprint density at radius 3 is 2.76 bits per heavy atom. The molecule has 0 aromatic heterocycles. The molecule has 2 nitrogen and oxygen atoms in total. The zero-order valence-electron chi connectivity index (χ0n) is 11.3. The number of carbonyl (C=O) groups is 1. The zero-order valence-corrected chi connectivity index (χ0v) is 12.9. The largest absolute Gasteiger partial charge is 0.481 e. The van der Waals surface area contributed by atoms with E-state index in [1.165, 1.54) is 6.07 Å². The van der Waals surface area contributed by atoms with Crippen LogP contribution in [-0.2, 0) is 23.1 Å². The first-order valence-electron chi connectivity index (χ1n) is 6.79. The number of aliphatic carboxylic acids is 1. The van der Waals surface area contributed by atoms with Gasteiger partial charge in [0.1, 0.15) is 5.82 Å². The number of carboxylic acids is 1. The van der Waals surface area contributed by atoms with E-state index in [1.807, 2.05) is 24.3 Å². The molecule has 1 aliphatic rings. The lowest BCUT2D eigenvalue weighted by molar-refractivity contribution is -0.143. The molecule has 1 aliphatic carbocycles. The molecule has 0 saturated carbocycles. The number of carboxylic acid groups (broad SMARTS) is 1. The number of aryl methyl sites for hydroxylation is 1. The van der Waals surface area contributed by atoms with Gasteiger partial charge in [-0.25, -0.2) is 4.39 Å². The van der Waals surface area contributed by atoms with E-state index in [9.17, 15) is 14.3 Å². The summed E-state index contributed by atoms with van der Waals surface area (Å²) in [6.45, 7) is 0. The van der Waals surface area contributed by atoms with E-state index in [0.29, 0.717) is 16.5 Å². The fourth-order valence-electron chi connectivity index (χ4n) is 3.16. The molecule has 0 heterocycles. The normalized spacial score (nSPS) is 20.3. The lowest BCUT2D eigenvalue weighted by Gasteiger charge is -2.26. The van der Waals surface area contributed by atoms with Crippen molar-refractivity contribution in [3.05, 3.63) is 69.4 Å². The van der Waals surface area contributed by atoms with Gasteiger partial charge in [-0.1, -0.05) is 46.3 Å². The van der Waals surface area contributed by atoms with Crippen LogP contribution in [0.5, 0.6) is 0 Å². The summed E-state index contributed by atoms with van der Waals surface area (Å²) in [4.78, 5) is 11.9. The highest BCUT2D eigenvalue weighted by molar-refractivity contribution is 9.10. The van der Waals surface area contributed by atoms with Crippen LogP contribution in [0.2, 0.25) is 0 Å². The Kier molecular flexibility index (Phi) is 3.57. The quantitative estimate of drug-likeness (QED) is 0.906. The molecule has 4 heteroatoms. The van der Waals surface area contributed by atoms with E-state index < -0.39 is 11.4 Å². The second-order valence-electron chi connectivity index (χ2n) is 5.46. The highest BCUT2D eigenvalue weighted by Crippen LogP contribution is 2.42. The van der Waals surface area contributed by atoms with Crippen LogP contribution in [0.15, 0.2) is 46.9 Å². The average molecular weight is 349 g/mol. The first-order chi connectivity index (χ1) is 10.0. The maximum absolute atomic E-state index is 14.1. The smallest absolute Gasteiger partial charge is 0.314 e. The Labute approximate surface area is 130 Å². The van der Waals surface area contributed by atoms with Gasteiger partial charge >= 0.3 is 5.97 Å². The molecule has 2 aromatic rings. The molecule has 0 spiro atoms. The summed E-state index contributed by atoms with van der Waals surface area (Å²) in [5.41, 5.74) is 1.29. The van der Waals surface area contributed by atoms with Crippen LogP contribution in [0.4, 0.5) is 4.39 Å². The van der Waals surface area contributed by atoms with Gasteiger partial charge in [-0.3, -0.25) is 4.79 Å². The van der Waals surface area contributed by atoms with Gasteiger partial charge in [-0.15, -0.1) is 0 Å². The molecule has 1 atom stereocenters. The Bertz CT molecular complexity index is 714. The van der Waals surface area contributed by atoms with Crippen LogP contribution < -0.4 is 0 Å². The van der Waals surface area contributed by atoms with Gasteiger partial charge in [0.2, 0.25) is 0 Å². The second kappa shape index (κ2) is 5.26. The van der Waals surface area contributed by atoms with Gasteiger partial charge in [0, 0.05) is 4.47 Å². The Hall–Kier alpha value is -1.68. The van der Waals surface area contributed by atoms with Crippen LogP contribution in [0.1, 0.15) is 23.1 Å². The van der Waals surface area contributed by atoms with Crippen molar-refractivity contribution < 1.29 is 14.3 Å². The summed E-state index contributed by atoms with van der Waals surface area (Å²) in [7, 11) is 0. The van der Waals surface area contributed by atoms with Crippen molar-refractivity contribution in [3.63, 3.8) is 0 Å². The molecule has 0 saturated heterocycles. The average Bonchev–Trinajstić information content (AvgIpc) is 2.82. The number of benzene rings is 2. The summed E-state index contributed by atoms with van der Waals surface area (Å²) in [5.74, 6) is -1.25. The molecule has 1 N–H and O–H groups in total. The summed E-state index contributed by atoms with van der Waals surface area (Å²) in [6.07, 6.45) is 1.41. The molecule has 0 bridgehead atoms. The van der Waals surface area contributed by atoms with Crippen LogP contribution in [-0.4, -0.2) is 11.1 Å². The van der Waals surface area contributed by atoms with Crippen molar-refractivity contribution in [2.75, 3.05) is 0 Å².